The van der Waals surface area contributed by atoms with Gasteiger partial charge in [0.15, 0.2) is 0 Å². The molecule has 5 nitrogen and oxygen atoms in total. The van der Waals surface area contributed by atoms with Gasteiger partial charge in [0, 0.05) is 49.7 Å². The van der Waals surface area contributed by atoms with Crippen LogP contribution in [0.25, 0.3) is 0 Å². The molecule has 124 valence electrons. The lowest BCUT2D eigenvalue weighted by Crippen LogP contribution is -2.39. The maximum absolute atomic E-state index is 12.6. The first-order chi connectivity index (χ1) is 11.3. The molecule has 0 unspecified atom stereocenters. The molecule has 1 amide bonds. The summed E-state index contributed by atoms with van der Waals surface area (Å²) in [6.07, 6.45) is 9.81. The minimum atomic E-state index is 0.269. The molecule has 1 aliphatic carbocycles. The summed E-state index contributed by atoms with van der Waals surface area (Å²) in [4.78, 5) is 24.1. The zero-order chi connectivity index (χ0) is 15.6. The minimum absolute atomic E-state index is 0.269. The van der Waals surface area contributed by atoms with Gasteiger partial charge in [-0.2, -0.15) is 0 Å². The van der Waals surface area contributed by atoms with E-state index in [0.717, 1.165) is 56.0 Å². The first-order valence-electron chi connectivity index (χ1n) is 9.15. The number of fused-ring (bicyclic) bond motifs is 1. The van der Waals surface area contributed by atoms with Gasteiger partial charge in [0.05, 0.1) is 5.69 Å². The largest absolute Gasteiger partial charge is 0.338 e. The highest BCUT2D eigenvalue weighted by Crippen LogP contribution is 2.29. The molecule has 1 N–H and O–H groups in total. The van der Waals surface area contributed by atoms with Gasteiger partial charge in [-0.25, -0.2) is 9.97 Å². The molecule has 0 radical (unpaired) electrons. The van der Waals surface area contributed by atoms with Crippen molar-refractivity contribution < 1.29 is 4.79 Å². The van der Waals surface area contributed by atoms with Crippen molar-refractivity contribution in [2.24, 2.45) is 5.92 Å². The monoisotopic (exact) mass is 314 g/mol. The van der Waals surface area contributed by atoms with Crippen molar-refractivity contribution in [2.75, 3.05) is 19.6 Å². The van der Waals surface area contributed by atoms with Gasteiger partial charge in [-0.15, -0.1) is 0 Å². The highest BCUT2D eigenvalue weighted by molar-refractivity contribution is 5.79. The van der Waals surface area contributed by atoms with Crippen LogP contribution < -0.4 is 5.32 Å². The van der Waals surface area contributed by atoms with Gasteiger partial charge in [0.2, 0.25) is 5.91 Å². The molecule has 0 bridgehead atoms. The lowest BCUT2D eigenvalue weighted by atomic mass is 9.97. The number of hydrogen-bond acceptors (Lipinski definition) is 4. The van der Waals surface area contributed by atoms with E-state index in [0.29, 0.717) is 18.4 Å². The number of hydrogen-bond donors (Lipinski definition) is 1. The van der Waals surface area contributed by atoms with Crippen LogP contribution in [-0.4, -0.2) is 40.4 Å². The molecule has 0 spiro atoms. The fraction of sp³-hybridized carbons (Fsp3) is 0.722. The predicted octanol–water partition coefficient (Wildman–Crippen LogP) is 2.02. The summed E-state index contributed by atoms with van der Waals surface area (Å²) in [7, 11) is 0. The summed E-state index contributed by atoms with van der Waals surface area (Å²) in [6.45, 7) is 3.63. The average Bonchev–Trinajstić information content (AvgIpc) is 3.15. The molecule has 0 aromatic carbocycles. The number of piperidine rings is 1. The van der Waals surface area contributed by atoms with E-state index in [2.05, 4.69) is 10.3 Å². The Kier molecular flexibility index (Phi) is 4.29. The summed E-state index contributed by atoms with van der Waals surface area (Å²) in [5.74, 6) is 2.07. The number of aromatic nitrogens is 2. The van der Waals surface area contributed by atoms with Crippen LogP contribution in [0, 0.1) is 5.92 Å². The molecule has 3 heterocycles. The second-order valence-corrected chi connectivity index (χ2v) is 7.23. The van der Waals surface area contributed by atoms with Crippen LogP contribution in [0.1, 0.15) is 61.5 Å². The molecule has 1 aromatic heterocycles. The molecule has 3 aliphatic rings. The van der Waals surface area contributed by atoms with Crippen molar-refractivity contribution in [3.05, 3.63) is 23.3 Å². The third kappa shape index (κ3) is 3.11. The Morgan fingerprint density at radius 2 is 2.09 bits per heavy atom. The summed E-state index contributed by atoms with van der Waals surface area (Å²) < 4.78 is 0. The van der Waals surface area contributed by atoms with Crippen molar-refractivity contribution in [1.29, 1.82) is 0 Å². The lowest BCUT2D eigenvalue weighted by Gasteiger charge is -2.31. The van der Waals surface area contributed by atoms with Gasteiger partial charge >= 0.3 is 0 Å². The van der Waals surface area contributed by atoms with Crippen LogP contribution in [0.2, 0.25) is 0 Å². The Hall–Kier alpha value is -1.49. The van der Waals surface area contributed by atoms with Crippen LogP contribution in [0.4, 0.5) is 0 Å². The van der Waals surface area contributed by atoms with Gasteiger partial charge in [-0.05, 0) is 32.2 Å². The molecule has 2 aliphatic heterocycles. The number of nitrogens with one attached hydrogen (secondary N) is 1. The summed E-state index contributed by atoms with van der Waals surface area (Å²) in [6, 6.07) is 0. The smallest absolute Gasteiger partial charge is 0.225 e. The van der Waals surface area contributed by atoms with Crippen molar-refractivity contribution in [3.8, 4) is 0 Å². The molecule has 1 saturated heterocycles. The van der Waals surface area contributed by atoms with E-state index in [1.807, 2.05) is 11.1 Å². The zero-order valence-electron chi connectivity index (χ0n) is 13.8. The van der Waals surface area contributed by atoms with E-state index in [9.17, 15) is 4.79 Å². The highest BCUT2D eigenvalue weighted by atomic mass is 16.2. The van der Waals surface area contributed by atoms with Crippen LogP contribution >= 0.6 is 0 Å². The fourth-order valence-corrected chi connectivity index (χ4v) is 4.22. The molecule has 1 saturated carbocycles. The van der Waals surface area contributed by atoms with Crippen LogP contribution in [0.15, 0.2) is 6.20 Å². The molecule has 1 aromatic rings. The summed E-state index contributed by atoms with van der Waals surface area (Å²) in [5, 5.41) is 3.43. The quantitative estimate of drug-likeness (QED) is 0.907. The maximum Gasteiger partial charge on any atom is 0.225 e. The molecule has 2 fully saturated rings. The number of amides is 1. The Balaban J connectivity index is 1.46. The van der Waals surface area contributed by atoms with Crippen molar-refractivity contribution in [1.82, 2.24) is 20.2 Å². The second-order valence-electron chi connectivity index (χ2n) is 7.23. The Morgan fingerprint density at radius 1 is 1.22 bits per heavy atom. The number of nitrogens with zero attached hydrogens (tertiary/aromatic N) is 3. The van der Waals surface area contributed by atoms with Gasteiger partial charge in [0.1, 0.15) is 5.82 Å². The first-order valence-corrected chi connectivity index (χ1v) is 9.15. The summed E-state index contributed by atoms with van der Waals surface area (Å²) >= 11 is 0. The average molecular weight is 314 g/mol. The van der Waals surface area contributed by atoms with Gasteiger partial charge < -0.3 is 10.2 Å². The van der Waals surface area contributed by atoms with Crippen molar-refractivity contribution >= 4 is 5.91 Å². The predicted molar refractivity (Wildman–Crippen MR) is 88.0 cm³/mol. The third-order valence-electron chi connectivity index (χ3n) is 5.63. The van der Waals surface area contributed by atoms with E-state index in [-0.39, 0.29) is 5.92 Å². The SMILES string of the molecule is O=C(C1CCCC1)N1CCc2nc([C@@H]3CCCNC3)ncc2C1. The number of carbonyl (C=O) groups excluding carboxylic acids is 1. The van der Waals surface area contributed by atoms with E-state index in [4.69, 9.17) is 4.98 Å². The Labute approximate surface area is 137 Å². The molecule has 4 rings (SSSR count). The Morgan fingerprint density at radius 3 is 2.87 bits per heavy atom. The van der Waals surface area contributed by atoms with Gasteiger partial charge in [-0.3, -0.25) is 4.79 Å². The maximum atomic E-state index is 12.6. The van der Waals surface area contributed by atoms with Gasteiger partial charge in [-0.1, -0.05) is 12.8 Å². The minimum Gasteiger partial charge on any atom is -0.338 e. The Bertz CT molecular complexity index is 576. The first kappa shape index (κ1) is 15.1. The van der Waals surface area contributed by atoms with E-state index >= 15 is 0 Å². The summed E-state index contributed by atoms with van der Waals surface area (Å²) in [5.41, 5.74) is 2.31. The molecule has 1 atom stereocenters. The van der Waals surface area contributed by atoms with Crippen LogP contribution in [-0.2, 0) is 17.8 Å². The second kappa shape index (κ2) is 6.56. The van der Waals surface area contributed by atoms with Crippen molar-refractivity contribution in [2.45, 2.75) is 57.4 Å². The fourth-order valence-electron chi connectivity index (χ4n) is 4.22. The van der Waals surface area contributed by atoms with E-state index < -0.39 is 0 Å². The standard InChI is InChI=1S/C18H26N4O/c23-18(13-4-1-2-5-13)22-9-7-16-15(12-22)11-20-17(21-16)14-6-3-8-19-10-14/h11,13-14,19H,1-10,12H2/t14-/m1/s1. The molecule has 5 heteroatoms. The van der Waals surface area contributed by atoms with E-state index in [1.165, 1.54) is 25.7 Å². The van der Waals surface area contributed by atoms with E-state index in [1.54, 1.807) is 0 Å². The zero-order valence-corrected chi connectivity index (χ0v) is 13.8. The third-order valence-corrected chi connectivity index (χ3v) is 5.63. The van der Waals surface area contributed by atoms with Gasteiger partial charge in [0.25, 0.3) is 0 Å². The molecular weight excluding hydrogens is 288 g/mol. The number of rotatable bonds is 2. The van der Waals surface area contributed by atoms with Crippen LogP contribution in [0.3, 0.4) is 0 Å². The number of carbonyl (C=O) groups is 1. The normalized spacial score (nSPS) is 25.4. The molecular formula is C18H26N4O. The lowest BCUT2D eigenvalue weighted by molar-refractivity contribution is -0.136. The molecule has 23 heavy (non-hydrogen) atoms. The topological polar surface area (TPSA) is 58.1 Å². The van der Waals surface area contributed by atoms with Crippen LogP contribution in [0.5, 0.6) is 0 Å². The van der Waals surface area contributed by atoms with Crippen molar-refractivity contribution in [3.63, 3.8) is 0 Å². The highest BCUT2D eigenvalue weighted by Gasteiger charge is 2.30.